The number of benzene rings is 1. The maximum absolute atomic E-state index is 12.2. The van der Waals surface area contributed by atoms with Crippen LogP contribution in [0.1, 0.15) is 34.3 Å². The predicted octanol–water partition coefficient (Wildman–Crippen LogP) is 2.09. The topological polar surface area (TPSA) is 69.6 Å². The normalized spacial score (nSPS) is 24.1. The Kier molecular flexibility index (Phi) is 3.09. The highest BCUT2D eigenvalue weighted by Crippen LogP contribution is 2.39. The molecule has 1 fully saturated rings. The molecule has 2 unspecified atom stereocenters. The molecular weight excluding hydrogens is 280 g/mol. The van der Waals surface area contributed by atoms with Crippen LogP contribution in [0.2, 0.25) is 5.02 Å². The molecule has 2 N–H and O–H groups in total. The molecule has 2 aliphatic heterocycles. The molecule has 6 heteroatoms. The monoisotopic (exact) mass is 294 g/mol. The van der Waals surface area contributed by atoms with Gasteiger partial charge >= 0.3 is 6.09 Å². The number of hydrogen-bond donors (Lipinski definition) is 2. The molecule has 106 valence electrons. The molecular formula is C14H15ClN2O3. The first-order chi connectivity index (χ1) is 9.52. The van der Waals surface area contributed by atoms with Crippen molar-refractivity contribution in [2.24, 2.45) is 0 Å². The molecule has 1 saturated heterocycles. The molecule has 2 amide bonds. The fraction of sp³-hybridized carbons (Fsp3) is 0.429. The van der Waals surface area contributed by atoms with Crippen LogP contribution < -0.4 is 5.32 Å². The van der Waals surface area contributed by atoms with E-state index in [2.05, 4.69) is 5.32 Å². The van der Waals surface area contributed by atoms with Crippen molar-refractivity contribution in [3.63, 3.8) is 0 Å². The third kappa shape index (κ3) is 1.85. The molecule has 2 aliphatic rings. The molecule has 0 saturated carbocycles. The Labute approximate surface area is 121 Å². The largest absolute Gasteiger partial charge is 0.465 e. The highest BCUT2D eigenvalue weighted by molar-refractivity contribution is 6.34. The summed E-state index contributed by atoms with van der Waals surface area (Å²) >= 11 is 6.16. The summed E-state index contributed by atoms with van der Waals surface area (Å²) in [4.78, 5) is 24.7. The quantitative estimate of drug-likeness (QED) is 0.833. The van der Waals surface area contributed by atoms with Crippen molar-refractivity contribution < 1.29 is 14.7 Å². The molecule has 0 aromatic heterocycles. The van der Waals surface area contributed by atoms with Gasteiger partial charge in [0.2, 0.25) is 0 Å². The van der Waals surface area contributed by atoms with E-state index in [0.29, 0.717) is 23.7 Å². The minimum Gasteiger partial charge on any atom is -0.465 e. The van der Waals surface area contributed by atoms with Crippen molar-refractivity contribution >= 4 is 23.6 Å². The highest BCUT2D eigenvalue weighted by atomic mass is 35.5. The number of hydrogen-bond acceptors (Lipinski definition) is 2. The average Bonchev–Trinajstić information content (AvgIpc) is 2.82. The minimum absolute atomic E-state index is 0.00699. The number of aryl methyl sites for hydroxylation is 1. The fourth-order valence-corrected chi connectivity index (χ4v) is 3.49. The van der Waals surface area contributed by atoms with E-state index in [1.807, 2.05) is 13.0 Å². The number of carboxylic acid groups (broad SMARTS) is 1. The van der Waals surface area contributed by atoms with Gasteiger partial charge in [0.15, 0.2) is 0 Å². The molecule has 0 aliphatic carbocycles. The lowest BCUT2D eigenvalue weighted by Crippen LogP contribution is -2.45. The van der Waals surface area contributed by atoms with Crippen LogP contribution >= 0.6 is 11.6 Å². The second kappa shape index (κ2) is 4.66. The summed E-state index contributed by atoms with van der Waals surface area (Å²) in [6.07, 6.45) is -0.154. The Morgan fingerprint density at radius 3 is 2.90 bits per heavy atom. The smallest absolute Gasteiger partial charge is 0.407 e. The predicted molar refractivity (Wildman–Crippen MR) is 74.4 cm³/mol. The number of rotatable bonds is 1. The number of nitrogens with zero attached hydrogens (tertiary/aromatic N) is 1. The number of carbonyl (C=O) groups excluding carboxylic acids is 1. The van der Waals surface area contributed by atoms with Gasteiger partial charge in [0.25, 0.3) is 5.91 Å². The van der Waals surface area contributed by atoms with E-state index in [1.54, 1.807) is 6.07 Å². The lowest BCUT2D eigenvalue weighted by atomic mass is 9.82. The van der Waals surface area contributed by atoms with Crippen molar-refractivity contribution in [1.82, 2.24) is 10.2 Å². The summed E-state index contributed by atoms with van der Waals surface area (Å²) < 4.78 is 0. The van der Waals surface area contributed by atoms with Gasteiger partial charge in [-0.15, -0.1) is 0 Å². The molecule has 2 atom stereocenters. The van der Waals surface area contributed by atoms with Crippen LogP contribution in [0.15, 0.2) is 12.1 Å². The van der Waals surface area contributed by atoms with Gasteiger partial charge in [-0.25, -0.2) is 4.79 Å². The average molecular weight is 295 g/mol. The fourth-order valence-electron chi connectivity index (χ4n) is 3.24. The lowest BCUT2D eigenvalue weighted by molar-refractivity contribution is 0.0921. The number of fused-ring (bicyclic) bond motifs is 3. The number of amides is 2. The van der Waals surface area contributed by atoms with Gasteiger partial charge in [0.1, 0.15) is 0 Å². The maximum atomic E-state index is 12.2. The zero-order valence-electron chi connectivity index (χ0n) is 11.0. The number of halogens is 1. The van der Waals surface area contributed by atoms with Crippen LogP contribution in [0.3, 0.4) is 0 Å². The molecule has 0 spiro atoms. The van der Waals surface area contributed by atoms with Gasteiger partial charge in [0.05, 0.1) is 16.6 Å². The van der Waals surface area contributed by atoms with E-state index in [4.69, 9.17) is 16.7 Å². The molecule has 2 heterocycles. The van der Waals surface area contributed by atoms with Gasteiger partial charge in [-0.05, 0) is 23.6 Å². The van der Waals surface area contributed by atoms with Crippen LogP contribution in [0.4, 0.5) is 4.79 Å². The third-order valence-electron chi connectivity index (χ3n) is 4.17. The first-order valence-electron chi connectivity index (χ1n) is 6.63. The van der Waals surface area contributed by atoms with Crippen LogP contribution in [0.25, 0.3) is 0 Å². The van der Waals surface area contributed by atoms with Crippen LogP contribution in [-0.2, 0) is 6.42 Å². The summed E-state index contributed by atoms with van der Waals surface area (Å²) in [6.45, 7) is 2.76. The lowest BCUT2D eigenvalue weighted by Gasteiger charge is -2.30. The standard InChI is InChI=1S/C14H15ClN2O3/c1-2-7-3-4-9(15)12-11(7)8-5-17(14(19)20)6-10(8)16-13(12)18/h3-4,8,10H,2,5-6H2,1H3,(H,16,18)(H,19,20). The minimum atomic E-state index is -0.949. The molecule has 0 bridgehead atoms. The Balaban J connectivity index is 2.12. The number of nitrogens with one attached hydrogen (secondary N) is 1. The van der Waals surface area contributed by atoms with Crippen molar-refractivity contribution in [2.75, 3.05) is 13.1 Å². The molecule has 1 aromatic rings. The van der Waals surface area contributed by atoms with E-state index in [-0.39, 0.29) is 17.9 Å². The molecule has 1 aromatic carbocycles. The zero-order chi connectivity index (χ0) is 14.4. The second-order valence-electron chi connectivity index (χ2n) is 5.22. The Hall–Kier alpha value is -1.75. The molecule has 20 heavy (non-hydrogen) atoms. The summed E-state index contributed by atoms with van der Waals surface area (Å²) in [6, 6.07) is 3.51. The van der Waals surface area contributed by atoms with Crippen molar-refractivity contribution in [3.05, 3.63) is 33.8 Å². The van der Waals surface area contributed by atoms with Crippen LogP contribution in [0, 0.1) is 0 Å². The van der Waals surface area contributed by atoms with E-state index in [1.165, 1.54) is 4.90 Å². The first kappa shape index (κ1) is 13.2. The Morgan fingerprint density at radius 1 is 1.50 bits per heavy atom. The van der Waals surface area contributed by atoms with Gasteiger partial charge in [-0.1, -0.05) is 24.6 Å². The van der Waals surface area contributed by atoms with E-state index in [0.717, 1.165) is 17.5 Å². The summed E-state index contributed by atoms with van der Waals surface area (Å²) in [5, 5.41) is 12.5. The van der Waals surface area contributed by atoms with Crippen molar-refractivity contribution in [2.45, 2.75) is 25.3 Å². The highest BCUT2D eigenvalue weighted by Gasteiger charge is 2.43. The van der Waals surface area contributed by atoms with Crippen LogP contribution in [-0.4, -0.2) is 41.1 Å². The second-order valence-corrected chi connectivity index (χ2v) is 5.63. The summed E-state index contributed by atoms with van der Waals surface area (Å²) in [5.74, 6) is -0.207. The van der Waals surface area contributed by atoms with E-state index < -0.39 is 6.09 Å². The molecule has 5 nitrogen and oxygen atoms in total. The zero-order valence-corrected chi connectivity index (χ0v) is 11.8. The van der Waals surface area contributed by atoms with Gasteiger partial charge in [-0.2, -0.15) is 0 Å². The Bertz CT molecular complexity index is 602. The third-order valence-corrected chi connectivity index (χ3v) is 4.49. The summed E-state index contributed by atoms with van der Waals surface area (Å²) in [7, 11) is 0. The SMILES string of the molecule is CCc1ccc(Cl)c2c1C1CN(C(=O)O)CC1NC2=O. The van der Waals surface area contributed by atoms with E-state index >= 15 is 0 Å². The maximum Gasteiger partial charge on any atom is 0.407 e. The van der Waals surface area contributed by atoms with Crippen LogP contribution in [0.5, 0.6) is 0 Å². The number of carbonyl (C=O) groups is 2. The first-order valence-corrected chi connectivity index (χ1v) is 7.00. The van der Waals surface area contributed by atoms with Gasteiger partial charge in [0, 0.05) is 19.0 Å². The van der Waals surface area contributed by atoms with Gasteiger partial charge < -0.3 is 15.3 Å². The summed E-state index contributed by atoms with van der Waals surface area (Å²) in [5.41, 5.74) is 2.51. The Morgan fingerprint density at radius 2 is 2.25 bits per heavy atom. The number of likely N-dealkylation sites (tertiary alicyclic amines) is 1. The van der Waals surface area contributed by atoms with Gasteiger partial charge in [-0.3, -0.25) is 4.79 Å². The molecule has 3 rings (SSSR count). The van der Waals surface area contributed by atoms with Crippen molar-refractivity contribution in [1.29, 1.82) is 0 Å². The molecule has 0 radical (unpaired) electrons. The van der Waals surface area contributed by atoms with Crippen molar-refractivity contribution in [3.8, 4) is 0 Å². The van der Waals surface area contributed by atoms with E-state index in [9.17, 15) is 9.59 Å².